The summed E-state index contributed by atoms with van der Waals surface area (Å²) in [7, 11) is 0. The maximum Gasteiger partial charge on any atom is 0.251 e. The highest BCUT2D eigenvalue weighted by Crippen LogP contribution is 2.19. The van der Waals surface area contributed by atoms with Crippen molar-refractivity contribution < 1.29 is 14.0 Å². The summed E-state index contributed by atoms with van der Waals surface area (Å²) in [6.07, 6.45) is 0.989. The van der Waals surface area contributed by atoms with Gasteiger partial charge in [-0.1, -0.05) is 18.2 Å². The SMILES string of the molecule is O=C(CNC(=O)c1ccccc1)Nc1ncc(F)cc1Br. The predicted octanol–water partition coefficient (Wildman–Crippen LogP) is 2.35. The van der Waals surface area contributed by atoms with Gasteiger partial charge in [0.05, 0.1) is 17.2 Å². The van der Waals surface area contributed by atoms with E-state index in [0.29, 0.717) is 10.0 Å². The first-order chi connectivity index (χ1) is 10.1. The van der Waals surface area contributed by atoms with Gasteiger partial charge in [-0.05, 0) is 34.1 Å². The lowest BCUT2D eigenvalue weighted by atomic mass is 10.2. The molecule has 1 aromatic carbocycles. The van der Waals surface area contributed by atoms with Crippen LogP contribution in [-0.2, 0) is 4.79 Å². The molecule has 0 aliphatic carbocycles. The number of nitrogens with one attached hydrogen (secondary N) is 2. The molecule has 2 aromatic rings. The third-order valence-electron chi connectivity index (χ3n) is 2.51. The number of hydrogen-bond donors (Lipinski definition) is 2. The Morgan fingerprint density at radius 1 is 1.24 bits per heavy atom. The molecule has 0 saturated heterocycles. The number of nitrogens with zero attached hydrogens (tertiary/aromatic N) is 1. The van der Waals surface area contributed by atoms with Crippen molar-refractivity contribution >= 4 is 33.6 Å². The van der Waals surface area contributed by atoms with Gasteiger partial charge in [-0.15, -0.1) is 0 Å². The fourth-order valence-electron chi connectivity index (χ4n) is 1.53. The van der Waals surface area contributed by atoms with Crippen molar-refractivity contribution in [3.8, 4) is 0 Å². The lowest BCUT2D eigenvalue weighted by Crippen LogP contribution is -2.33. The van der Waals surface area contributed by atoms with Gasteiger partial charge in [-0.25, -0.2) is 9.37 Å². The molecule has 21 heavy (non-hydrogen) atoms. The van der Waals surface area contributed by atoms with Crippen LogP contribution < -0.4 is 10.6 Å². The molecule has 1 aromatic heterocycles. The van der Waals surface area contributed by atoms with Gasteiger partial charge >= 0.3 is 0 Å². The summed E-state index contributed by atoms with van der Waals surface area (Å²) in [5.41, 5.74) is 0.464. The first-order valence-electron chi connectivity index (χ1n) is 6.00. The van der Waals surface area contributed by atoms with Gasteiger partial charge in [0.15, 0.2) is 0 Å². The molecule has 0 unspecified atom stereocenters. The Morgan fingerprint density at radius 2 is 1.95 bits per heavy atom. The number of anilines is 1. The average molecular weight is 352 g/mol. The van der Waals surface area contributed by atoms with Crippen LogP contribution in [0.4, 0.5) is 10.2 Å². The highest BCUT2D eigenvalue weighted by molar-refractivity contribution is 9.10. The van der Waals surface area contributed by atoms with Crippen molar-refractivity contribution in [3.05, 3.63) is 58.4 Å². The number of benzene rings is 1. The molecule has 0 aliphatic rings. The molecular weight excluding hydrogens is 341 g/mol. The second-order valence-corrected chi connectivity index (χ2v) is 4.94. The summed E-state index contributed by atoms with van der Waals surface area (Å²) in [6, 6.07) is 9.73. The molecule has 2 N–H and O–H groups in total. The highest BCUT2D eigenvalue weighted by Gasteiger charge is 2.10. The van der Waals surface area contributed by atoms with Crippen molar-refractivity contribution in [2.45, 2.75) is 0 Å². The molecule has 0 bridgehead atoms. The zero-order chi connectivity index (χ0) is 15.2. The molecule has 7 heteroatoms. The number of carbonyl (C=O) groups is 2. The van der Waals surface area contributed by atoms with Crippen LogP contribution >= 0.6 is 15.9 Å². The Labute approximate surface area is 128 Å². The van der Waals surface area contributed by atoms with Crippen LogP contribution in [0.1, 0.15) is 10.4 Å². The molecule has 2 amide bonds. The maximum absolute atomic E-state index is 12.9. The fourth-order valence-corrected chi connectivity index (χ4v) is 1.96. The predicted molar refractivity (Wildman–Crippen MR) is 79.3 cm³/mol. The number of halogens is 2. The molecule has 5 nitrogen and oxygen atoms in total. The van der Waals surface area contributed by atoms with Crippen LogP contribution in [0.5, 0.6) is 0 Å². The topological polar surface area (TPSA) is 71.1 Å². The third-order valence-corrected chi connectivity index (χ3v) is 3.12. The average Bonchev–Trinajstić information content (AvgIpc) is 2.48. The Kier molecular flexibility index (Phi) is 4.99. The Hall–Kier alpha value is -2.28. The molecule has 0 aliphatic heterocycles. The van der Waals surface area contributed by atoms with Crippen LogP contribution in [0.15, 0.2) is 47.1 Å². The molecule has 0 spiro atoms. The normalized spacial score (nSPS) is 10.0. The molecule has 108 valence electrons. The van der Waals surface area contributed by atoms with Crippen LogP contribution in [0.25, 0.3) is 0 Å². The van der Waals surface area contributed by atoms with Gasteiger partial charge in [0, 0.05) is 5.56 Å². The third kappa shape index (κ3) is 4.35. The highest BCUT2D eigenvalue weighted by atomic mass is 79.9. The van der Waals surface area contributed by atoms with Gasteiger partial charge in [-0.3, -0.25) is 9.59 Å². The summed E-state index contributed by atoms with van der Waals surface area (Å²) in [5, 5.41) is 4.95. The number of carbonyl (C=O) groups excluding carboxylic acids is 2. The van der Waals surface area contributed by atoms with E-state index in [1.165, 1.54) is 6.07 Å². The molecule has 0 fully saturated rings. The molecule has 1 heterocycles. The number of pyridine rings is 1. The molecule has 2 rings (SSSR count). The zero-order valence-electron chi connectivity index (χ0n) is 10.8. The first-order valence-corrected chi connectivity index (χ1v) is 6.79. The van der Waals surface area contributed by atoms with Crippen molar-refractivity contribution in [2.75, 3.05) is 11.9 Å². The minimum atomic E-state index is -0.516. The van der Waals surface area contributed by atoms with Crippen LogP contribution in [0.2, 0.25) is 0 Å². The van der Waals surface area contributed by atoms with E-state index in [2.05, 4.69) is 31.5 Å². The van der Waals surface area contributed by atoms with Crippen molar-refractivity contribution in [1.82, 2.24) is 10.3 Å². The summed E-state index contributed by atoms with van der Waals surface area (Å²) in [4.78, 5) is 27.2. The minimum absolute atomic E-state index is 0.190. The number of rotatable bonds is 4. The van der Waals surface area contributed by atoms with Gasteiger partial charge < -0.3 is 10.6 Å². The number of aromatic nitrogens is 1. The van der Waals surface area contributed by atoms with E-state index in [0.717, 1.165) is 6.20 Å². The van der Waals surface area contributed by atoms with Crippen molar-refractivity contribution in [2.24, 2.45) is 0 Å². The van der Waals surface area contributed by atoms with Gasteiger partial charge in [0.25, 0.3) is 5.91 Å². The van der Waals surface area contributed by atoms with E-state index in [1.807, 2.05) is 0 Å². The van der Waals surface area contributed by atoms with E-state index < -0.39 is 11.7 Å². The summed E-state index contributed by atoms with van der Waals surface area (Å²) >= 11 is 3.09. The largest absolute Gasteiger partial charge is 0.343 e. The minimum Gasteiger partial charge on any atom is -0.343 e. The van der Waals surface area contributed by atoms with E-state index in [9.17, 15) is 14.0 Å². The first kappa shape index (κ1) is 15.1. The maximum atomic E-state index is 12.9. The second kappa shape index (κ2) is 6.94. The van der Waals surface area contributed by atoms with Gasteiger partial charge in [0.1, 0.15) is 11.6 Å². The van der Waals surface area contributed by atoms with Crippen LogP contribution in [-0.4, -0.2) is 23.3 Å². The zero-order valence-corrected chi connectivity index (χ0v) is 12.4. The molecule has 0 atom stereocenters. The lowest BCUT2D eigenvalue weighted by Gasteiger charge is -2.07. The molecule has 0 radical (unpaired) electrons. The summed E-state index contributed by atoms with van der Waals surface area (Å²) in [5.74, 6) is -1.14. The Balaban J connectivity index is 1.89. The van der Waals surface area contributed by atoms with Crippen molar-refractivity contribution in [3.63, 3.8) is 0 Å². The van der Waals surface area contributed by atoms with E-state index >= 15 is 0 Å². The number of hydrogen-bond acceptors (Lipinski definition) is 3. The summed E-state index contributed by atoms with van der Waals surface area (Å²) in [6.45, 7) is -0.209. The second-order valence-electron chi connectivity index (χ2n) is 4.08. The van der Waals surface area contributed by atoms with Gasteiger partial charge in [-0.2, -0.15) is 0 Å². The monoisotopic (exact) mass is 351 g/mol. The quantitative estimate of drug-likeness (QED) is 0.888. The van der Waals surface area contributed by atoms with E-state index in [4.69, 9.17) is 0 Å². The van der Waals surface area contributed by atoms with Crippen LogP contribution in [0.3, 0.4) is 0 Å². The van der Waals surface area contributed by atoms with Crippen molar-refractivity contribution in [1.29, 1.82) is 0 Å². The van der Waals surface area contributed by atoms with E-state index in [-0.39, 0.29) is 18.3 Å². The van der Waals surface area contributed by atoms with Crippen LogP contribution in [0, 0.1) is 5.82 Å². The smallest absolute Gasteiger partial charge is 0.251 e. The molecule has 0 saturated carbocycles. The Morgan fingerprint density at radius 3 is 2.62 bits per heavy atom. The fraction of sp³-hybridized carbons (Fsp3) is 0.0714. The Bertz CT molecular complexity index is 665. The lowest BCUT2D eigenvalue weighted by molar-refractivity contribution is -0.115. The number of amides is 2. The summed E-state index contributed by atoms with van der Waals surface area (Å²) < 4.78 is 13.2. The standard InChI is InChI=1S/C14H11BrFN3O2/c15-11-6-10(16)7-17-13(11)19-12(20)8-18-14(21)9-4-2-1-3-5-9/h1-7H,8H2,(H,18,21)(H,17,19,20). The van der Waals surface area contributed by atoms with Gasteiger partial charge in [0.2, 0.25) is 5.91 Å². The molecular formula is C14H11BrFN3O2. The van der Waals surface area contributed by atoms with E-state index in [1.54, 1.807) is 30.3 Å².